The van der Waals surface area contributed by atoms with Crippen LogP contribution in [0.1, 0.15) is 68.0 Å². The average molecular weight is 407 g/mol. The van der Waals surface area contributed by atoms with Crippen LogP contribution in [0, 0.1) is 0 Å². The number of carbonyl (C=O) groups excluding carboxylic acids is 1. The van der Waals surface area contributed by atoms with Crippen molar-refractivity contribution < 1.29 is 22.5 Å². The quantitative estimate of drug-likeness (QED) is 0.678. The van der Waals surface area contributed by atoms with Crippen molar-refractivity contribution in [2.75, 3.05) is 6.54 Å². The number of esters is 1. The molecule has 1 saturated heterocycles. The Bertz CT molecular complexity index is 921. The van der Waals surface area contributed by atoms with Gasteiger partial charge in [-0.25, -0.2) is 13.2 Å². The molecule has 1 aliphatic heterocycles. The van der Waals surface area contributed by atoms with E-state index in [-0.39, 0.29) is 34.9 Å². The largest absolute Gasteiger partial charge is 0.452 e. The van der Waals surface area contributed by atoms with Crippen molar-refractivity contribution in [3.8, 4) is 0 Å². The Balaban J connectivity index is 1.65. The van der Waals surface area contributed by atoms with Gasteiger partial charge in [0.15, 0.2) is 12.4 Å². The van der Waals surface area contributed by atoms with E-state index in [2.05, 4.69) is 10.1 Å². The number of hydrogen-bond acceptors (Lipinski definition) is 7. The average Bonchev–Trinajstić information content (AvgIpc) is 3.16. The number of aromatic nitrogens is 2. The molecule has 0 aliphatic carbocycles. The molecule has 3 rings (SSSR count). The van der Waals surface area contributed by atoms with Crippen LogP contribution in [0.15, 0.2) is 33.7 Å². The van der Waals surface area contributed by atoms with E-state index in [1.165, 1.54) is 28.6 Å². The number of carbonyl (C=O) groups is 1. The van der Waals surface area contributed by atoms with E-state index in [4.69, 9.17) is 9.26 Å². The van der Waals surface area contributed by atoms with Crippen molar-refractivity contribution in [1.29, 1.82) is 0 Å². The van der Waals surface area contributed by atoms with Gasteiger partial charge in [0.25, 0.3) is 5.89 Å². The summed E-state index contributed by atoms with van der Waals surface area (Å²) in [5.74, 6) is 0.299. The Morgan fingerprint density at radius 3 is 2.61 bits per heavy atom. The molecule has 1 aliphatic rings. The highest BCUT2D eigenvalue weighted by Crippen LogP contribution is 2.25. The molecule has 1 unspecified atom stereocenters. The summed E-state index contributed by atoms with van der Waals surface area (Å²) in [6.07, 6.45) is 2.76. The molecular weight excluding hydrogens is 382 g/mol. The minimum atomic E-state index is -3.57. The first-order chi connectivity index (χ1) is 13.3. The van der Waals surface area contributed by atoms with Gasteiger partial charge in [0, 0.05) is 18.5 Å². The Morgan fingerprint density at radius 2 is 2.00 bits per heavy atom. The zero-order valence-electron chi connectivity index (χ0n) is 16.3. The Kier molecular flexibility index (Phi) is 6.14. The molecule has 0 radical (unpaired) electrons. The lowest BCUT2D eigenvalue weighted by molar-refractivity contribution is 0.0429. The molecule has 8 nitrogen and oxygen atoms in total. The maximum absolute atomic E-state index is 12.8. The van der Waals surface area contributed by atoms with Crippen LogP contribution in [0.3, 0.4) is 0 Å². The Hall–Kier alpha value is -2.26. The van der Waals surface area contributed by atoms with Crippen LogP contribution in [0.25, 0.3) is 0 Å². The summed E-state index contributed by atoms with van der Waals surface area (Å²) in [5, 5.41) is 3.81. The van der Waals surface area contributed by atoms with Crippen LogP contribution in [-0.2, 0) is 21.4 Å². The third kappa shape index (κ3) is 4.41. The molecule has 9 heteroatoms. The summed E-state index contributed by atoms with van der Waals surface area (Å²) in [4.78, 5) is 16.5. The highest BCUT2D eigenvalue weighted by molar-refractivity contribution is 7.89. The lowest BCUT2D eigenvalue weighted by Gasteiger charge is -2.32. The van der Waals surface area contributed by atoms with Crippen LogP contribution in [0.5, 0.6) is 0 Å². The lowest BCUT2D eigenvalue weighted by Crippen LogP contribution is -2.41. The number of rotatable bonds is 6. The first kappa shape index (κ1) is 20.5. The highest BCUT2D eigenvalue weighted by Gasteiger charge is 2.31. The number of ether oxygens (including phenoxy) is 1. The van der Waals surface area contributed by atoms with E-state index < -0.39 is 16.0 Å². The van der Waals surface area contributed by atoms with Gasteiger partial charge in [0.05, 0.1) is 10.5 Å². The smallest absolute Gasteiger partial charge is 0.338 e. The summed E-state index contributed by atoms with van der Waals surface area (Å²) < 4.78 is 37.4. The van der Waals surface area contributed by atoms with Gasteiger partial charge in [-0.15, -0.1) is 0 Å². The summed E-state index contributed by atoms with van der Waals surface area (Å²) in [6, 6.07) is 5.77. The fourth-order valence-electron chi connectivity index (χ4n) is 3.10. The van der Waals surface area contributed by atoms with Gasteiger partial charge in [-0.1, -0.05) is 25.4 Å². The fourth-order valence-corrected chi connectivity index (χ4v) is 4.80. The SMILES string of the molecule is CC(C)c1noc(COC(=O)c2ccc(S(=O)(=O)N3CCCCC3C)cc2)n1. The van der Waals surface area contributed by atoms with Crippen molar-refractivity contribution in [3.63, 3.8) is 0 Å². The van der Waals surface area contributed by atoms with Gasteiger partial charge in [-0.2, -0.15) is 9.29 Å². The zero-order valence-corrected chi connectivity index (χ0v) is 17.1. The monoisotopic (exact) mass is 407 g/mol. The van der Waals surface area contributed by atoms with Gasteiger partial charge in [0.1, 0.15) is 0 Å². The highest BCUT2D eigenvalue weighted by atomic mass is 32.2. The summed E-state index contributed by atoms with van der Waals surface area (Å²) in [6.45, 7) is 6.17. The first-order valence-electron chi connectivity index (χ1n) is 9.40. The minimum Gasteiger partial charge on any atom is -0.452 e. The second-order valence-corrected chi connectivity index (χ2v) is 9.15. The van der Waals surface area contributed by atoms with E-state index >= 15 is 0 Å². The summed E-state index contributed by atoms with van der Waals surface area (Å²) in [7, 11) is -3.57. The normalized spacial score (nSPS) is 18.4. The van der Waals surface area contributed by atoms with Gasteiger partial charge in [0.2, 0.25) is 10.0 Å². The maximum atomic E-state index is 12.8. The van der Waals surface area contributed by atoms with Crippen molar-refractivity contribution in [3.05, 3.63) is 41.5 Å². The second kappa shape index (κ2) is 8.40. The molecule has 2 heterocycles. The Morgan fingerprint density at radius 1 is 1.29 bits per heavy atom. The van der Waals surface area contributed by atoms with Crippen LogP contribution in [-0.4, -0.2) is 41.4 Å². The van der Waals surface area contributed by atoms with E-state index in [9.17, 15) is 13.2 Å². The molecule has 2 aromatic rings. The Labute approximate surface area is 164 Å². The molecule has 1 atom stereocenters. The molecule has 0 amide bonds. The van der Waals surface area contributed by atoms with E-state index in [0.29, 0.717) is 12.4 Å². The standard InChI is InChI=1S/C19H25N3O5S/c1-13(2)18-20-17(27-21-18)12-26-19(23)15-7-9-16(10-8-15)28(24,25)22-11-5-4-6-14(22)3/h7-10,13-14H,4-6,11-12H2,1-3H3. The molecule has 1 fully saturated rings. The van der Waals surface area contributed by atoms with Crippen molar-refractivity contribution >= 4 is 16.0 Å². The van der Waals surface area contributed by atoms with Gasteiger partial charge in [-0.05, 0) is 44.0 Å². The third-order valence-electron chi connectivity index (χ3n) is 4.77. The van der Waals surface area contributed by atoms with Gasteiger partial charge in [-0.3, -0.25) is 0 Å². The molecular formula is C19H25N3O5S. The maximum Gasteiger partial charge on any atom is 0.338 e. The fraction of sp³-hybridized carbons (Fsp3) is 0.526. The predicted octanol–water partition coefficient (Wildman–Crippen LogP) is 3.11. The number of hydrogen-bond donors (Lipinski definition) is 0. The van der Waals surface area contributed by atoms with Gasteiger partial charge >= 0.3 is 5.97 Å². The molecule has 0 bridgehead atoms. The molecule has 28 heavy (non-hydrogen) atoms. The topological polar surface area (TPSA) is 103 Å². The lowest BCUT2D eigenvalue weighted by atomic mass is 10.1. The number of piperidine rings is 1. The molecule has 1 aromatic heterocycles. The molecule has 0 spiro atoms. The molecule has 0 saturated carbocycles. The first-order valence-corrected chi connectivity index (χ1v) is 10.8. The van der Waals surface area contributed by atoms with Gasteiger partial charge < -0.3 is 9.26 Å². The van der Waals surface area contributed by atoms with Crippen molar-refractivity contribution in [2.24, 2.45) is 0 Å². The molecule has 0 N–H and O–H groups in total. The van der Waals surface area contributed by atoms with Crippen molar-refractivity contribution in [1.82, 2.24) is 14.4 Å². The van der Waals surface area contributed by atoms with Crippen LogP contribution in [0.4, 0.5) is 0 Å². The van der Waals surface area contributed by atoms with Crippen LogP contribution >= 0.6 is 0 Å². The third-order valence-corrected chi connectivity index (χ3v) is 6.79. The minimum absolute atomic E-state index is 0.0199. The van der Waals surface area contributed by atoms with E-state index in [1.54, 1.807) is 0 Å². The summed E-state index contributed by atoms with van der Waals surface area (Å²) in [5.41, 5.74) is 0.259. The van der Waals surface area contributed by atoms with Crippen LogP contribution < -0.4 is 0 Å². The number of nitrogens with zero attached hydrogens (tertiary/aromatic N) is 3. The second-order valence-electron chi connectivity index (χ2n) is 7.26. The molecule has 152 valence electrons. The number of benzene rings is 1. The number of sulfonamides is 1. The van der Waals surface area contributed by atoms with Crippen molar-refractivity contribution in [2.45, 2.75) is 63.5 Å². The predicted molar refractivity (Wildman–Crippen MR) is 101 cm³/mol. The van der Waals surface area contributed by atoms with E-state index in [0.717, 1.165) is 19.3 Å². The zero-order chi connectivity index (χ0) is 20.3. The van der Waals surface area contributed by atoms with E-state index in [1.807, 2.05) is 20.8 Å². The van der Waals surface area contributed by atoms with Crippen LogP contribution in [0.2, 0.25) is 0 Å². The molecule has 1 aromatic carbocycles. The summed E-state index contributed by atoms with van der Waals surface area (Å²) >= 11 is 0.